The lowest BCUT2D eigenvalue weighted by atomic mass is 9.80. The van der Waals surface area contributed by atoms with Crippen LogP contribution in [0.15, 0.2) is 121 Å². The highest BCUT2D eigenvalue weighted by Gasteiger charge is 2.48. The molecule has 0 spiro atoms. The molecule has 1 aliphatic heterocycles. The standard InChI is InChI=1S/C41H38O5/c1-39(2,3)29-15-11-27(12-16-29)37(42)28-13-21-32(22-14-28)44-33-23-17-30(18-24-33)41(36-10-8-7-9-35(36)38(43)46-41)31-19-25-34(26-20-31)45-40(4,5)6/h7-26H,1-6H3. The van der Waals surface area contributed by atoms with Crippen LogP contribution in [0.4, 0.5) is 0 Å². The fourth-order valence-corrected chi connectivity index (χ4v) is 5.78. The first-order valence-corrected chi connectivity index (χ1v) is 15.5. The molecule has 0 bridgehead atoms. The molecule has 1 heterocycles. The number of carbonyl (C=O) groups excluding carboxylic acids is 2. The summed E-state index contributed by atoms with van der Waals surface area (Å²) in [6.07, 6.45) is 0. The smallest absolute Gasteiger partial charge is 0.340 e. The monoisotopic (exact) mass is 610 g/mol. The van der Waals surface area contributed by atoms with Crippen LogP contribution in [0.25, 0.3) is 0 Å². The number of ether oxygens (including phenoxy) is 3. The van der Waals surface area contributed by atoms with Gasteiger partial charge in [-0.1, -0.05) is 87.5 Å². The molecule has 5 aromatic carbocycles. The van der Waals surface area contributed by atoms with E-state index in [1.807, 2.05) is 112 Å². The normalized spacial score (nSPS) is 16.0. The Balaban J connectivity index is 1.24. The molecule has 0 aliphatic carbocycles. The molecule has 5 nitrogen and oxygen atoms in total. The zero-order valence-electron chi connectivity index (χ0n) is 27.1. The Morgan fingerprint density at radius 3 is 1.61 bits per heavy atom. The van der Waals surface area contributed by atoms with Crippen LogP contribution in [-0.2, 0) is 15.8 Å². The highest BCUT2D eigenvalue weighted by atomic mass is 16.6. The van der Waals surface area contributed by atoms with Crippen LogP contribution < -0.4 is 9.47 Å². The Morgan fingerprint density at radius 2 is 1.09 bits per heavy atom. The molecule has 0 N–H and O–H groups in total. The molecule has 0 amide bonds. The van der Waals surface area contributed by atoms with E-state index < -0.39 is 5.60 Å². The Bertz CT molecular complexity index is 1870. The molecular formula is C41H38O5. The average Bonchev–Trinajstić information content (AvgIpc) is 3.34. The molecule has 0 radical (unpaired) electrons. The second kappa shape index (κ2) is 11.6. The van der Waals surface area contributed by atoms with E-state index in [0.29, 0.717) is 28.2 Å². The molecule has 232 valence electrons. The summed E-state index contributed by atoms with van der Waals surface area (Å²) >= 11 is 0. The SMILES string of the molecule is CC(C)(C)Oc1ccc(C2(c3ccc(Oc4ccc(C(=O)c5ccc(C(C)(C)C)cc5)cc4)cc3)OC(=O)c3ccccc32)cc1. The number of esters is 1. The summed E-state index contributed by atoms with van der Waals surface area (Å²) in [5, 5.41) is 0. The first kappa shape index (κ1) is 30.8. The van der Waals surface area contributed by atoms with Crippen molar-refractivity contribution in [1.29, 1.82) is 0 Å². The van der Waals surface area contributed by atoms with Gasteiger partial charge in [0, 0.05) is 27.8 Å². The maximum Gasteiger partial charge on any atom is 0.340 e. The fourth-order valence-electron chi connectivity index (χ4n) is 5.78. The van der Waals surface area contributed by atoms with Crippen molar-refractivity contribution in [2.24, 2.45) is 0 Å². The zero-order chi connectivity index (χ0) is 32.7. The number of fused-ring (bicyclic) bond motifs is 1. The van der Waals surface area contributed by atoms with Crippen LogP contribution in [0.3, 0.4) is 0 Å². The van der Waals surface area contributed by atoms with E-state index in [2.05, 4.69) is 20.8 Å². The van der Waals surface area contributed by atoms with E-state index in [9.17, 15) is 9.59 Å². The fraction of sp³-hybridized carbons (Fsp3) is 0.220. The Morgan fingerprint density at radius 1 is 0.609 bits per heavy atom. The van der Waals surface area contributed by atoms with E-state index in [4.69, 9.17) is 14.2 Å². The van der Waals surface area contributed by atoms with Gasteiger partial charge in [-0.05, 0) is 86.3 Å². The van der Waals surface area contributed by atoms with Crippen LogP contribution in [0.5, 0.6) is 17.2 Å². The van der Waals surface area contributed by atoms with Gasteiger partial charge in [0.15, 0.2) is 11.4 Å². The van der Waals surface area contributed by atoms with Gasteiger partial charge in [-0.25, -0.2) is 4.79 Å². The van der Waals surface area contributed by atoms with Crippen molar-refractivity contribution in [3.05, 3.63) is 160 Å². The molecule has 1 aliphatic rings. The maximum absolute atomic E-state index is 13.1. The topological polar surface area (TPSA) is 61.8 Å². The van der Waals surface area contributed by atoms with Crippen molar-refractivity contribution in [3.8, 4) is 17.2 Å². The van der Waals surface area contributed by atoms with Crippen LogP contribution in [-0.4, -0.2) is 17.4 Å². The Hall–Kier alpha value is -5.16. The number of cyclic esters (lactones) is 1. The van der Waals surface area contributed by atoms with Crippen LogP contribution in [0.2, 0.25) is 0 Å². The predicted molar refractivity (Wildman–Crippen MR) is 180 cm³/mol. The lowest BCUT2D eigenvalue weighted by Gasteiger charge is -2.31. The van der Waals surface area contributed by atoms with Crippen molar-refractivity contribution < 1.29 is 23.8 Å². The van der Waals surface area contributed by atoms with E-state index in [0.717, 1.165) is 22.4 Å². The van der Waals surface area contributed by atoms with Crippen molar-refractivity contribution in [2.45, 2.75) is 58.2 Å². The summed E-state index contributed by atoms with van der Waals surface area (Å²) < 4.78 is 18.4. The van der Waals surface area contributed by atoms with E-state index in [-0.39, 0.29) is 22.8 Å². The highest BCUT2D eigenvalue weighted by molar-refractivity contribution is 6.09. The molecule has 0 fully saturated rings. The average molecular weight is 611 g/mol. The first-order valence-electron chi connectivity index (χ1n) is 15.5. The maximum atomic E-state index is 13.1. The van der Waals surface area contributed by atoms with Gasteiger partial charge in [-0.15, -0.1) is 0 Å². The van der Waals surface area contributed by atoms with Crippen molar-refractivity contribution >= 4 is 11.8 Å². The van der Waals surface area contributed by atoms with Gasteiger partial charge in [-0.3, -0.25) is 4.79 Å². The van der Waals surface area contributed by atoms with E-state index in [1.54, 1.807) is 30.3 Å². The zero-order valence-corrected chi connectivity index (χ0v) is 27.1. The predicted octanol–water partition coefficient (Wildman–Crippen LogP) is 9.65. The second-order valence-corrected chi connectivity index (χ2v) is 13.7. The molecule has 0 aromatic heterocycles. The molecule has 5 heteroatoms. The number of rotatable bonds is 7. The van der Waals surface area contributed by atoms with Gasteiger partial charge in [0.25, 0.3) is 0 Å². The van der Waals surface area contributed by atoms with Crippen LogP contribution in [0, 0.1) is 0 Å². The summed E-state index contributed by atoms with van der Waals surface area (Å²) in [4.78, 5) is 26.2. The number of carbonyl (C=O) groups is 2. The van der Waals surface area contributed by atoms with Crippen molar-refractivity contribution in [1.82, 2.24) is 0 Å². The molecule has 0 saturated carbocycles. The van der Waals surface area contributed by atoms with Gasteiger partial charge >= 0.3 is 5.97 Å². The molecule has 1 atom stereocenters. The molecule has 0 saturated heterocycles. The van der Waals surface area contributed by atoms with Gasteiger partial charge in [0.1, 0.15) is 22.8 Å². The highest BCUT2D eigenvalue weighted by Crippen LogP contribution is 2.47. The summed E-state index contributed by atoms with van der Waals surface area (Å²) in [6.45, 7) is 12.5. The van der Waals surface area contributed by atoms with Crippen LogP contribution >= 0.6 is 0 Å². The summed E-state index contributed by atoms with van der Waals surface area (Å²) in [7, 11) is 0. The van der Waals surface area contributed by atoms with Crippen molar-refractivity contribution in [2.75, 3.05) is 0 Å². The lowest BCUT2D eigenvalue weighted by Crippen LogP contribution is -2.29. The minimum absolute atomic E-state index is 0.0261. The van der Waals surface area contributed by atoms with Crippen LogP contribution in [0.1, 0.15) is 90.1 Å². The molecule has 46 heavy (non-hydrogen) atoms. The number of ketones is 1. The van der Waals surface area contributed by atoms with Gasteiger partial charge < -0.3 is 14.2 Å². The second-order valence-electron chi connectivity index (χ2n) is 13.7. The Kier molecular flexibility index (Phi) is 7.81. The minimum atomic E-state index is -1.13. The third-order valence-electron chi connectivity index (χ3n) is 8.08. The summed E-state index contributed by atoms with van der Waals surface area (Å²) in [5.41, 5.74) is 3.92. The number of hydrogen-bond acceptors (Lipinski definition) is 5. The first-order chi connectivity index (χ1) is 21.8. The Labute approximate surface area is 270 Å². The number of benzene rings is 5. The summed E-state index contributed by atoms with van der Waals surface area (Å²) in [5.74, 6) is 1.55. The summed E-state index contributed by atoms with van der Waals surface area (Å²) in [6, 6.07) is 37.7. The van der Waals surface area contributed by atoms with Gasteiger partial charge in [0.05, 0.1) is 5.56 Å². The molecular weight excluding hydrogens is 572 g/mol. The van der Waals surface area contributed by atoms with E-state index >= 15 is 0 Å². The molecule has 1 unspecified atom stereocenters. The third kappa shape index (κ3) is 6.05. The number of hydrogen-bond donors (Lipinski definition) is 0. The lowest BCUT2D eigenvalue weighted by molar-refractivity contribution is 0.0251. The van der Waals surface area contributed by atoms with Gasteiger partial charge in [0.2, 0.25) is 0 Å². The van der Waals surface area contributed by atoms with E-state index in [1.165, 1.54) is 5.56 Å². The molecule has 6 rings (SSSR count). The van der Waals surface area contributed by atoms with Crippen molar-refractivity contribution in [3.63, 3.8) is 0 Å². The minimum Gasteiger partial charge on any atom is -0.488 e. The van der Waals surface area contributed by atoms with Gasteiger partial charge in [-0.2, -0.15) is 0 Å². The molecule has 5 aromatic rings. The quantitative estimate of drug-likeness (QED) is 0.136. The third-order valence-corrected chi connectivity index (χ3v) is 8.08. The largest absolute Gasteiger partial charge is 0.488 e.